The average Bonchev–Trinajstić information content (AvgIpc) is 1.86. The van der Waals surface area contributed by atoms with Crippen LogP contribution < -0.4 is 0 Å². The van der Waals surface area contributed by atoms with Crippen molar-refractivity contribution in [1.82, 2.24) is 0 Å². The van der Waals surface area contributed by atoms with Gasteiger partial charge in [0, 0.05) is 15.7 Å². The molecule has 0 aromatic rings. The molecule has 0 aliphatic heterocycles. The van der Waals surface area contributed by atoms with Crippen LogP contribution in [-0.2, 0) is 4.43 Å². The summed E-state index contributed by atoms with van der Waals surface area (Å²) < 4.78 is 5.63. The zero-order valence-electron chi connectivity index (χ0n) is 7.98. The highest BCUT2D eigenvalue weighted by atomic mass is 32.1. The molecule has 0 radical (unpaired) electrons. The summed E-state index contributed by atoms with van der Waals surface area (Å²) >= 11 is 13.3. The van der Waals surface area contributed by atoms with Gasteiger partial charge in [0.1, 0.15) is 10.5 Å². The van der Waals surface area contributed by atoms with Crippen molar-refractivity contribution >= 4 is 48.4 Å². The summed E-state index contributed by atoms with van der Waals surface area (Å²) in [5.74, 6) is 0. The normalized spacial score (nSPS) is 24.5. The second-order valence-corrected chi connectivity index (χ2v) is 5.82. The van der Waals surface area contributed by atoms with Crippen LogP contribution in [0.4, 0.5) is 0 Å². The van der Waals surface area contributed by atoms with E-state index in [9.17, 15) is 0 Å². The van der Waals surface area contributed by atoms with E-state index in [0.29, 0.717) is 10.5 Å². The van der Waals surface area contributed by atoms with Gasteiger partial charge in [0.15, 0.2) is 0 Å². The van der Waals surface area contributed by atoms with Crippen LogP contribution in [0.3, 0.4) is 0 Å². The van der Waals surface area contributed by atoms with Gasteiger partial charge in [-0.3, -0.25) is 0 Å². The average molecular weight is 243 g/mol. The van der Waals surface area contributed by atoms with Gasteiger partial charge in [-0.25, -0.2) is 0 Å². The van der Waals surface area contributed by atoms with Crippen LogP contribution in [0.2, 0.25) is 0 Å². The first-order valence-corrected chi connectivity index (χ1v) is 6.35. The van der Waals surface area contributed by atoms with Gasteiger partial charge < -0.3 is 4.43 Å². The predicted octanol–water partition coefficient (Wildman–Crippen LogP) is 0.977. The van der Waals surface area contributed by atoms with Crippen LogP contribution in [0.1, 0.15) is 20.8 Å². The van der Waals surface area contributed by atoms with E-state index in [1.54, 1.807) is 0 Å². The Bertz CT molecular complexity index is 117. The lowest BCUT2D eigenvalue weighted by Crippen LogP contribution is -2.53. The lowest BCUT2D eigenvalue weighted by Gasteiger charge is -2.42. The number of hydrogen-bond acceptors (Lipinski definition) is 4. The van der Waals surface area contributed by atoms with Gasteiger partial charge in [0.05, 0.1) is 5.60 Å². The Labute approximate surface area is 94.8 Å². The van der Waals surface area contributed by atoms with Crippen molar-refractivity contribution in [3.8, 4) is 0 Å². The number of thiol groups is 3. The van der Waals surface area contributed by atoms with Crippen LogP contribution in [0, 0.1) is 0 Å². The zero-order valence-corrected chi connectivity index (χ0v) is 12.7. The summed E-state index contributed by atoms with van der Waals surface area (Å²) in [6.45, 7) is 6.08. The second-order valence-electron chi connectivity index (χ2n) is 3.09. The van der Waals surface area contributed by atoms with Crippen LogP contribution in [0.25, 0.3) is 0 Å². The Hall–Kier alpha value is 1.23. The summed E-state index contributed by atoms with van der Waals surface area (Å²) in [4.78, 5) is 0. The Morgan fingerprint density at radius 2 is 1.25 bits per heavy atom. The summed E-state index contributed by atoms with van der Waals surface area (Å²) in [6.07, 6.45) is 0. The van der Waals surface area contributed by atoms with Gasteiger partial charge in [-0.05, 0) is 0 Å². The highest BCUT2D eigenvalue weighted by Crippen LogP contribution is 2.33. The fraction of sp³-hybridized carbons (Fsp3) is 1.00. The molecule has 0 bridgehead atoms. The molecule has 3 unspecified atom stereocenters. The number of rotatable bonds is 4. The maximum absolute atomic E-state index is 5.63. The van der Waals surface area contributed by atoms with Crippen LogP contribution >= 0.6 is 37.9 Å². The molecule has 0 saturated carbocycles. The molecule has 0 heterocycles. The molecule has 0 saturated heterocycles. The Morgan fingerprint density at radius 3 is 1.25 bits per heavy atom. The van der Waals surface area contributed by atoms with Crippen molar-refractivity contribution in [2.45, 2.75) is 42.1 Å². The van der Waals surface area contributed by atoms with E-state index in [-0.39, 0.29) is 21.4 Å². The van der Waals surface area contributed by atoms with E-state index in [2.05, 4.69) is 37.9 Å². The van der Waals surface area contributed by atoms with Gasteiger partial charge in [-0.15, -0.1) is 0 Å². The fourth-order valence-electron chi connectivity index (χ4n) is 1.56. The minimum Gasteiger partial charge on any atom is -0.419 e. The highest BCUT2D eigenvalue weighted by molar-refractivity contribution is 7.83. The molecule has 74 valence electrons. The molecule has 0 aliphatic carbocycles. The van der Waals surface area contributed by atoms with Gasteiger partial charge in [-0.1, -0.05) is 20.8 Å². The van der Waals surface area contributed by atoms with E-state index in [1.165, 1.54) is 0 Å². The van der Waals surface area contributed by atoms with Crippen LogP contribution in [0.15, 0.2) is 0 Å². The molecular formula is C7H18OS3Si. The summed E-state index contributed by atoms with van der Waals surface area (Å²) in [7, 11) is 0.693. The molecule has 0 spiro atoms. The SMILES string of the molecule is CC(S)C(O[SiH3])(C(C)S)C(C)S. The Morgan fingerprint density at radius 1 is 1.00 bits per heavy atom. The molecular weight excluding hydrogens is 224 g/mol. The van der Waals surface area contributed by atoms with E-state index in [0.717, 1.165) is 0 Å². The van der Waals surface area contributed by atoms with Gasteiger partial charge in [-0.2, -0.15) is 37.9 Å². The number of hydrogen-bond donors (Lipinski definition) is 3. The minimum atomic E-state index is -0.304. The van der Waals surface area contributed by atoms with E-state index >= 15 is 0 Å². The van der Waals surface area contributed by atoms with Crippen LogP contribution in [-0.4, -0.2) is 31.8 Å². The van der Waals surface area contributed by atoms with Crippen molar-refractivity contribution in [1.29, 1.82) is 0 Å². The van der Waals surface area contributed by atoms with E-state index in [1.807, 2.05) is 20.8 Å². The monoisotopic (exact) mass is 242 g/mol. The summed E-state index contributed by atoms with van der Waals surface area (Å²) in [5, 5.41) is 0.444. The molecule has 5 heteroatoms. The summed E-state index contributed by atoms with van der Waals surface area (Å²) in [6, 6.07) is 0. The third-order valence-corrected chi connectivity index (χ3v) is 4.23. The maximum atomic E-state index is 5.63. The first-order chi connectivity index (χ1) is 5.39. The van der Waals surface area contributed by atoms with Crippen molar-refractivity contribution in [2.24, 2.45) is 0 Å². The van der Waals surface area contributed by atoms with Crippen molar-refractivity contribution in [3.63, 3.8) is 0 Å². The third-order valence-electron chi connectivity index (χ3n) is 2.31. The standard InChI is InChI=1S/C7H18OS3Si/c1-4(9)7(8-12,5(2)10)6(3)11/h4-6,9-11H,1-3,12H3. The van der Waals surface area contributed by atoms with Gasteiger partial charge >= 0.3 is 0 Å². The maximum Gasteiger partial charge on any atom is 0.146 e. The molecule has 0 aromatic carbocycles. The molecule has 0 amide bonds. The molecule has 0 aliphatic rings. The Kier molecular flexibility index (Phi) is 5.72. The Balaban J connectivity index is 4.77. The molecule has 1 nitrogen and oxygen atoms in total. The summed E-state index contributed by atoms with van der Waals surface area (Å²) in [5.41, 5.74) is -0.304. The largest absolute Gasteiger partial charge is 0.419 e. The molecule has 0 rings (SSSR count). The first-order valence-electron chi connectivity index (χ1n) is 3.99. The van der Waals surface area contributed by atoms with Gasteiger partial charge in [0.2, 0.25) is 0 Å². The molecule has 0 fully saturated rings. The van der Waals surface area contributed by atoms with Crippen molar-refractivity contribution in [2.75, 3.05) is 0 Å². The van der Waals surface area contributed by atoms with E-state index < -0.39 is 0 Å². The van der Waals surface area contributed by atoms with Crippen LogP contribution in [0.5, 0.6) is 0 Å². The molecule has 0 aromatic heterocycles. The van der Waals surface area contributed by atoms with Gasteiger partial charge in [0.25, 0.3) is 0 Å². The molecule has 12 heavy (non-hydrogen) atoms. The fourth-order valence-corrected chi connectivity index (χ4v) is 5.23. The quantitative estimate of drug-likeness (QED) is 0.492. The molecule has 0 N–H and O–H groups in total. The third kappa shape index (κ3) is 2.38. The minimum absolute atomic E-state index is 0.148. The topological polar surface area (TPSA) is 9.23 Å². The predicted molar refractivity (Wildman–Crippen MR) is 69.1 cm³/mol. The van der Waals surface area contributed by atoms with Crippen molar-refractivity contribution in [3.05, 3.63) is 0 Å². The second kappa shape index (κ2) is 5.19. The zero-order chi connectivity index (χ0) is 9.94. The highest BCUT2D eigenvalue weighted by Gasteiger charge is 2.41. The lowest BCUT2D eigenvalue weighted by molar-refractivity contribution is 0.0869. The molecule has 3 atom stereocenters. The van der Waals surface area contributed by atoms with E-state index in [4.69, 9.17) is 4.43 Å². The van der Waals surface area contributed by atoms with Crippen molar-refractivity contribution < 1.29 is 4.43 Å². The first kappa shape index (κ1) is 13.2. The smallest absolute Gasteiger partial charge is 0.146 e. The lowest BCUT2D eigenvalue weighted by atomic mass is 9.93.